The van der Waals surface area contributed by atoms with Crippen LogP contribution in [0.2, 0.25) is 0 Å². The first-order valence-electron chi connectivity index (χ1n) is 20.3. The average Bonchev–Trinajstić information content (AvgIpc) is 3.32. The van der Waals surface area contributed by atoms with E-state index >= 15 is 0 Å². The Morgan fingerprint density at radius 1 is 0.203 bits per heavy atom. The minimum atomic E-state index is 1.09. The molecule has 0 atom stereocenters. The summed E-state index contributed by atoms with van der Waals surface area (Å²) in [5.41, 5.74) is 12.8. The molecule has 0 fully saturated rings. The molecule has 11 aromatic rings. The van der Waals surface area contributed by atoms with E-state index < -0.39 is 0 Å². The molecule has 0 spiro atoms. The Kier molecular flexibility index (Phi) is 8.56. The van der Waals surface area contributed by atoms with Gasteiger partial charge in [-0.3, -0.25) is 0 Å². The van der Waals surface area contributed by atoms with E-state index in [-0.39, 0.29) is 0 Å². The van der Waals surface area contributed by atoms with Crippen molar-refractivity contribution in [1.82, 2.24) is 0 Å². The Labute approximate surface area is 344 Å². The monoisotopic (exact) mass is 749 g/mol. The smallest absolute Gasteiger partial charge is 0.0473 e. The van der Waals surface area contributed by atoms with Gasteiger partial charge in [-0.25, -0.2) is 0 Å². The number of rotatable bonds is 7. The van der Waals surface area contributed by atoms with Gasteiger partial charge < -0.3 is 4.90 Å². The van der Waals surface area contributed by atoms with E-state index in [1.54, 1.807) is 0 Å². The van der Waals surface area contributed by atoms with Gasteiger partial charge in [-0.2, -0.15) is 0 Å². The zero-order valence-corrected chi connectivity index (χ0v) is 32.5. The predicted octanol–water partition coefficient (Wildman–Crippen LogP) is 16.4. The molecule has 0 N–H and O–H groups in total. The molecule has 0 unspecified atom stereocenters. The minimum Gasteiger partial charge on any atom is -0.310 e. The molecular weight excluding hydrogens is 711 g/mol. The maximum absolute atomic E-state index is 2.41. The van der Waals surface area contributed by atoms with Crippen molar-refractivity contribution >= 4 is 60.2 Å². The molecule has 0 radical (unpaired) electrons. The van der Waals surface area contributed by atoms with Crippen molar-refractivity contribution in [3.63, 3.8) is 0 Å². The molecule has 1 heteroatoms. The summed E-state index contributed by atoms with van der Waals surface area (Å²) in [6.07, 6.45) is 0. The van der Waals surface area contributed by atoms with Crippen LogP contribution < -0.4 is 4.90 Å². The fourth-order valence-corrected chi connectivity index (χ4v) is 8.95. The van der Waals surface area contributed by atoms with Crippen LogP contribution in [-0.4, -0.2) is 0 Å². The Morgan fingerprint density at radius 2 is 0.559 bits per heavy atom. The first-order valence-corrected chi connectivity index (χ1v) is 20.3. The second kappa shape index (κ2) is 14.6. The number of anilines is 3. The van der Waals surface area contributed by atoms with Crippen molar-refractivity contribution in [3.8, 4) is 44.5 Å². The predicted molar refractivity (Wildman–Crippen MR) is 253 cm³/mol. The lowest BCUT2D eigenvalue weighted by atomic mass is 9.93. The van der Waals surface area contributed by atoms with Gasteiger partial charge in [0.2, 0.25) is 0 Å². The quantitative estimate of drug-likeness (QED) is 0.147. The van der Waals surface area contributed by atoms with Gasteiger partial charge in [0.1, 0.15) is 0 Å². The van der Waals surface area contributed by atoms with Crippen LogP contribution in [0.1, 0.15) is 0 Å². The summed E-state index contributed by atoms with van der Waals surface area (Å²) in [7, 11) is 0. The summed E-state index contributed by atoms with van der Waals surface area (Å²) < 4.78 is 0. The van der Waals surface area contributed by atoms with E-state index in [0.29, 0.717) is 0 Å². The summed E-state index contributed by atoms with van der Waals surface area (Å²) in [5, 5.41) is 10.1. The van der Waals surface area contributed by atoms with Gasteiger partial charge >= 0.3 is 0 Å². The van der Waals surface area contributed by atoms with E-state index in [4.69, 9.17) is 0 Å². The van der Waals surface area contributed by atoms with Crippen LogP contribution in [0.3, 0.4) is 0 Å². The van der Waals surface area contributed by atoms with Gasteiger partial charge in [-0.15, -0.1) is 0 Å². The van der Waals surface area contributed by atoms with E-state index in [0.717, 1.165) is 17.1 Å². The molecule has 0 aromatic heterocycles. The largest absolute Gasteiger partial charge is 0.310 e. The molecule has 276 valence electrons. The second-order valence-corrected chi connectivity index (χ2v) is 15.3. The van der Waals surface area contributed by atoms with Crippen LogP contribution >= 0.6 is 0 Å². The maximum atomic E-state index is 2.41. The maximum Gasteiger partial charge on any atom is 0.0473 e. The van der Waals surface area contributed by atoms with Crippen molar-refractivity contribution in [2.75, 3.05) is 4.90 Å². The Bertz CT molecular complexity index is 3070. The topological polar surface area (TPSA) is 3.24 Å². The Morgan fingerprint density at radius 3 is 0.983 bits per heavy atom. The molecule has 11 rings (SSSR count). The van der Waals surface area contributed by atoms with Gasteiger partial charge in [0.15, 0.2) is 0 Å². The molecule has 0 aliphatic carbocycles. The molecule has 1 nitrogen and oxygen atoms in total. The molecule has 0 amide bonds. The standard InChI is InChI=1S/C58H39N/c1-3-15-40(16-4-1)46-35-47(41-17-5-2-6-18-41)37-50(36-46)59(48-31-27-42(28-32-48)57-38-44-19-7-9-21-51(44)53-23-11-13-25-55(53)57)49-33-29-43(30-34-49)58-39-45-20-8-10-22-52(45)54-24-12-14-26-56(54)58/h1-39H. The molecular formula is C58H39N. The first-order chi connectivity index (χ1) is 29.2. The highest BCUT2D eigenvalue weighted by atomic mass is 15.1. The highest BCUT2D eigenvalue weighted by molar-refractivity contribution is 6.15. The van der Waals surface area contributed by atoms with Crippen molar-refractivity contribution in [3.05, 3.63) is 237 Å². The highest BCUT2D eigenvalue weighted by Gasteiger charge is 2.18. The summed E-state index contributed by atoms with van der Waals surface area (Å²) in [6.45, 7) is 0. The molecule has 0 bridgehead atoms. The highest BCUT2D eigenvalue weighted by Crippen LogP contribution is 2.43. The van der Waals surface area contributed by atoms with E-state index in [1.165, 1.54) is 87.6 Å². The van der Waals surface area contributed by atoms with Crippen molar-refractivity contribution in [2.45, 2.75) is 0 Å². The fourth-order valence-electron chi connectivity index (χ4n) is 8.95. The van der Waals surface area contributed by atoms with Crippen LogP contribution in [0.5, 0.6) is 0 Å². The lowest BCUT2D eigenvalue weighted by Crippen LogP contribution is -2.10. The first kappa shape index (κ1) is 34.5. The van der Waals surface area contributed by atoms with Crippen molar-refractivity contribution in [1.29, 1.82) is 0 Å². The van der Waals surface area contributed by atoms with Crippen LogP contribution in [0.4, 0.5) is 17.1 Å². The van der Waals surface area contributed by atoms with Gasteiger partial charge in [0, 0.05) is 17.1 Å². The molecule has 0 aliphatic rings. The molecule has 0 heterocycles. The fraction of sp³-hybridized carbons (Fsp3) is 0. The molecule has 0 saturated heterocycles. The Balaban J connectivity index is 1.08. The summed E-state index contributed by atoms with van der Waals surface area (Å²) >= 11 is 0. The number of hydrogen-bond acceptors (Lipinski definition) is 1. The van der Waals surface area contributed by atoms with E-state index in [9.17, 15) is 0 Å². The average molecular weight is 750 g/mol. The third kappa shape index (κ3) is 6.30. The van der Waals surface area contributed by atoms with E-state index in [1.807, 2.05) is 0 Å². The van der Waals surface area contributed by atoms with Crippen LogP contribution in [0, 0.1) is 0 Å². The molecule has 0 saturated carbocycles. The van der Waals surface area contributed by atoms with Crippen molar-refractivity contribution < 1.29 is 0 Å². The van der Waals surface area contributed by atoms with E-state index in [2.05, 4.69) is 241 Å². The zero-order chi connectivity index (χ0) is 39.1. The summed E-state index contributed by atoms with van der Waals surface area (Å²) in [5.74, 6) is 0. The summed E-state index contributed by atoms with van der Waals surface area (Å²) in [6, 6.07) is 86.3. The minimum absolute atomic E-state index is 1.09. The lowest BCUT2D eigenvalue weighted by molar-refractivity contribution is 1.28. The molecule has 59 heavy (non-hydrogen) atoms. The number of hydrogen-bond donors (Lipinski definition) is 0. The SMILES string of the molecule is c1ccc(-c2cc(-c3ccccc3)cc(N(c3ccc(-c4cc5ccccc5c5ccccc45)cc3)c3ccc(-c4cc5ccccc5c5ccccc45)cc3)c2)cc1. The third-order valence-corrected chi connectivity index (χ3v) is 11.8. The van der Waals surface area contributed by atoms with Crippen LogP contribution in [0.25, 0.3) is 87.6 Å². The van der Waals surface area contributed by atoms with Gasteiger partial charge in [-0.05, 0) is 142 Å². The van der Waals surface area contributed by atoms with Gasteiger partial charge in [0.25, 0.3) is 0 Å². The summed E-state index contributed by atoms with van der Waals surface area (Å²) in [4.78, 5) is 2.41. The van der Waals surface area contributed by atoms with Gasteiger partial charge in [0.05, 0.1) is 0 Å². The molecule has 0 aliphatic heterocycles. The third-order valence-electron chi connectivity index (χ3n) is 11.8. The second-order valence-electron chi connectivity index (χ2n) is 15.3. The number of nitrogens with zero attached hydrogens (tertiary/aromatic N) is 1. The van der Waals surface area contributed by atoms with Crippen LogP contribution in [-0.2, 0) is 0 Å². The normalized spacial score (nSPS) is 11.4. The molecule has 11 aromatic carbocycles. The lowest BCUT2D eigenvalue weighted by Gasteiger charge is -2.27. The Hall–Kier alpha value is -7.74. The van der Waals surface area contributed by atoms with Gasteiger partial charge in [-0.1, -0.05) is 182 Å². The number of fused-ring (bicyclic) bond motifs is 6. The number of benzene rings is 11. The van der Waals surface area contributed by atoms with Crippen molar-refractivity contribution in [2.24, 2.45) is 0 Å². The zero-order valence-electron chi connectivity index (χ0n) is 32.5. The van der Waals surface area contributed by atoms with Crippen LogP contribution in [0.15, 0.2) is 237 Å².